The fourth-order valence-corrected chi connectivity index (χ4v) is 2.83. The molecular weight excluding hydrogens is 339 g/mol. The highest BCUT2D eigenvalue weighted by atomic mass is 79.9. The molecule has 1 aliphatic heterocycles. The molecule has 0 aliphatic carbocycles. The second-order valence-electron chi connectivity index (χ2n) is 4.45. The molecule has 0 bridgehead atoms. The van der Waals surface area contributed by atoms with E-state index in [-0.39, 0.29) is 11.8 Å². The summed E-state index contributed by atoms with van der Waals surface area (Å²) in [6.45, 7) is 3.63. The van der Waals surface area contributed by atoms with Gasteiger partial charge in [-0.25, -0.2) is 0 Å². The molecule has 0 radical (unpaired) electrons. The van der Waals surface area contributed by atoms with Crippen molar-refractivity contribution < 1.29 is 4.79 Å². The fourth-order valence-electron chi connectivity index (χ4n) is 2.01. The van der Waals surface area contributed by atoms with Crippen LogP contribution in [0.15, 0.2) is 16.6 Å². The predicted octanol–water partition coefficient (Wildman–Crippen LogP) is 3.55. The van der Waals surface area contributed by atoms with Crippen molar-refractivity contribution in [3.05, 3.63) is 26.7 Å². The average molecular weight is 352 g/mol. The van der Waals surface area contributed by atoms with E-state index in [1.807, 2.05) is 0 Å². The third-order valence-corrected chi connectivity index (χ3v) is 4.92. The molecule has 18 heavy (non-hydrogen) atoms. The van der Waals surface area contributed by atoms with Crippen LogP contribution in [0, 0.1) is 11.8 Å². The molecule has 6 heteroatoms. The molecule has 0 saturated carbocycles. The third-order valence-electron chi connectivity index (χ3n) is 3.15. The van der Waals surface area contributed by atoms with Gasteiger partial charge in [-0.2, -0.15) is 0 Å². The smallest absolute Gasteiger partial charge is 0.229 e. The third kappa shape index (κ3) is 2.82. The molecule has 2 rings (SSSR count). The SMILES string of the molecule is CC1CNCC1C(=O)Nc1ccc(Br)c(Cl)c1Cl. The van der Waals surface area contributed by atoms with E-state index in [0.717, 1.165) is 6.54 Å². The number of carbonyl (C=O) groups excluding carboxylic acids is 1. The number of nitrogens with one attached hydrogen (secondary N) is 2. The molecule has 98 valence electrons. The van der Waals surface area contributed by atoms with Gasteiger partial charge in [0.25, 0.3) is 0 Å². The van der Waals surface area contributed by atoms with Gasteiger partial charge in [0.05, 0.1) is 21.7 Å². The summed E-state index contributed by atoms with van der Waals surface area (Å²) in [5, 5.41) is 6.80. The molecule has 1 saturated heterocycles. The summed E-state index contributed by atoms with van der Waals surface area (Å²) in [7, 11) is 0. The molecule has 2 unspecified atom stereocenters. The van der Waals surface area contributed by atoms with Gasteiger partial charge in [-0.3, -0.25) is 4.79 Å². The molecule has 2 N–H and O–H groups in total. The highest BCUT2D eigenvalue weighted by Crippen LogP contribution is 2.36. The van der Waals surface area contributed by atoms with Gasteiger partial charge in [-0.1, -0.05) is 30.1 Å². The zero-order chi connectivity index (χ0) is 13.3. The Bertz CT molecular complexity index is 481. The normalized spacial score (nSPS) is 23.1. The second-order valence-corrected chi connectivity index (χ2v) is 6.06. The first-order valence-electron chi connectivity index (χ1n) is 5.65. The van der Waals surface area contributed by atoms with Gasteiger partial charge in [-0.05, 0) is 40.5 Å². The second kappa shape index (κ2) is 5.78. The van der Waals surface area contributed by atoms with E-state index in [4.69, 9.17) is 23.2 Å². The number of hydrogen-bond donors (Lipinski definition) is 2. The molecule has 1 aromatic carbocycles. The number of anilines is 1. The van der Waals surface area contributed by atoms with Crippen LogP contribution in [0.1, 0.15) is 6.92 Å². The summed E-state index contributed by atoms with van der Waals surface area (Å²) in [5.41, 5.74) is 0.550. The average Bonchev–Trinajstić information content (AvgIpc) is 2.76. The first-order valence-corrected chi connectivity index (χ1v) is 7.20. The van der Waals surface area contributed by atoms with Crippen molar-refractivity contribution in [2.75, 3.05) is 18.4 Å². The maximum absolute atomic E-state index is 12.1. The molecule has 0 spiro atoms. The maximum Gasteiger partial charge on any atom is 0.229 e. The largest absolute Gasteiger partial charge is 0.324 e. The summed E-state index contributed by atoms with van der Waals surface area (Å²) >= 11 is 15.4. The van der Waals surface area contributed by atoms with Crippen LogP contribution in [-0.2, 0) is 4.79 Å². The van der Waals surface area contributed by atoms with Gasteiger partial charge >= 0.3 is 0 Å². The van der Waals surface area contributed by atoms with E-state index in [9.17, 15) is 4.79 Å². The summed E-state index contributed by atoms with van der Waals surface area (Å²) in [6.07, 6.45) is 0. The van der Waals surface area contributed by atoms with Crippen molar-refractivity contribution >= 4 is 50.7 Å². The van der Waals surface area contributed by atoms with E-state index in [0.29, 0.717) is 32.7 Å². The lowest BCUT2D eigenvalue weighted by Crippen LogP contribution is -2.27. The molecule has 0 aromatic heterocycles. The van der Waals surface area contributed by atoms with Crippen LogP contribution in [0.4, 0.5) is 5.69 Å². The Morgan fingerprint density at radius 3 is 2.72 bits per heavy atom. The molecule has 3 nitrogen and oxygen atoms in total. The first kappa shape index (κ1) is 14.1. The van der Waals surface area contributed by atoms with Crippen molar-refractivity contribution in [2.45, 2.75) is 6.92 Å². The summed E-state index contributed by atoms with van der Waals surface area (Å²) in [6, 6.07) is 3.50. The van der Waals surface area contributed by atoms with E-state index in [1.54, 1.807) is 12.1 Å². The van der Waals surface area contributed by atoms with E-state index < -0.39 is 0 Å². The lowest BCUT2D eigenvalue weighted by atomic mass is 9.97. The standard InChI is InChI=1S/C12H13BrCl2N2O/c1-6-4-16-5-7(6)12(18)17-9-3-2-8(13)10(14)11(9)15/h2-3,6-7,16H,4-5H2,1H3,(H,17,18). The van der Waals surface area contributed by atoms with Crippen LogP contribution in [0.5, 0.6) is 0 Å². The molecule has 1 aromatic rings. The van der Waals surface area contributed by atoms with Gasteiger partial charge in [-0.15, -0.1) is 0 Å². The monoisotopic (exact) mass is 350 g/mol. The number of rotatable bonds is 2. The number of amides is 1. The van der Waals surface area contributed by atoms with E-state index in [1.165, 1.54) is 0 Å². The Balaban J connectivity index is 2.14. The Labute approximate surface area is 124 Å². The Hall–Kier alpha value is -0.290. The lowest BCUT2D eigenvalue weighted by Gasteiger charge is -2.15. The van der Waals surface area contributed by atoms with Gasteiger partial charge in [0.2, 0.25) is 5.91 Å². The Morgan fingerprint density at radius 2 is 2.11 bits per heavy atom. The molecule has 1 amide bonds. The summed E-state index contributed by atoms with van der Waals surface area (Å²) in [4.78, 5) is 12.1. The minimum Gasteiger partial charge on any atom is -0.324 e. The molecule has 2 atom stereocenters. The van der Waals surface area contributed by atoms with Crippen LogP contribution >= 0.6 is 39.1 Å². The minimum atomic E-state index is -0.0245. The van der Waals surface area contributed by atoms with Crippen molar-refractivity contribution in [1.82, 2.24) is 5.32 Å². The zero-order valence-corrected chi connectivity index (χ0v) is 12.9. The van der Waals surface area contributed by atoms with Crippen LogP contribution in [0.25, 0.3) is 0 Å². The first-order chi connectivity index (χ1) is 8.50. The van der Waals surface area contributed by atoms with Crippen molar-refractivity contribution in [3.63, 3.8) is 0 Å². The van der Waals surface area contributed by atoms with Crippen LogP contribution in [0.2, 0.25) is 10.0 Å². The molecular formula is C12H13BrCl2N2O. The lowest BCUT2D eigenvalue weighted by molar-refractivity contribution is -0.120. The van der Waals surface area contributed by atoms with Crippen LogP contribution < -0.4 is 10.6 Å². The Morgan fingerprint density at radius 1 is 1.39 bits per heavy atom. The van der Waals surface area contributed by atoms with Gasteiger partial charge in [0.15, 0.2) is 0 Å². The Kier molecular flexibility index (Phi) is 4.54. The summed E-state index contributed by atoms with van der Waals surface area (Å²) < 4.78 is 0.711. The van der Waals surface area contributed by atoms with Crippen molar-refractivity contribution in [1.29, 1.82) is 0 Å². The highest BCUT2D eigenvalue weighted by Gasteiger charge is 2.29. The fraction of sp³-hybridized carbons (Fsp3) is 0.417. The topological polar surface area (TPSA) is 41.1 Å². The quantitative estimate of drug-likeness (QED) is 0.800. The predicted molar refractivity (Wildman–Crippen MR) is 78.3 cm³/mol. The van der Waals surface area contributed by atoms with Crippen molar-refractivity contribution in [2.24, 2.45) is 11.8 Å². The van der Waals surface area contributed by atoms with Crippen LogP contribution in [0.3, 0.4) is 0 Å². The van der Waals surface area contributed by atoms with Crippen LogP contribution in [-0.4, -0.2) is 19.0 Å². The molecule has 1 heterocycles. The van der Waals surface area contributed by atoms with Gasteiger partial charge in [0, 0.05) is 11.0 Å². The highest BCUT2D eigenvalue weighted by molar-refractivity contribution is 9.10. The number of halogens is 3. The molecule has 1 fully saturated rings. The van der Waals surface area contributed by atoms with Gasteiger partial charge in [0.1, 0.15) is 0 Å². The van der Waals surface area contributed by atoms with E-state index >= 15 is 0 Å². The molecule has 1 aliphatic rings. The van der Waals surface area contributed by atoms with Crippen molar-refractivity contribution in [3.8, 4) is 0 Å². The number of benzene rings is 1. The zero-order valence-electron chi connectivity index (χ0n) is 9.77. The summed E-state index contributed by atoms with van der Waals surface area (Å²) in [5.74, 6) is 0.283. The minimum absolute atomic E-state index is 0.0206. The van der Waals surface area contributed by atoms with Gasteiger partial charge < -0.3 is 10.6 Å². The maximum atomic E-state index is 12.1. The van der Waals surface area contributed by atoms with E-state index in [2.05, 4.69) is 33.5 Å². The number of hydrogen-bond acceptors (Lipinski definition) is 2. The number of carbonyl (C=O) groups is 1.